The number of aromatic nitrogens is 2. The van der Waals surface area contributed by atoms with Crippen molar-refractivity contribution in [3.05, 3.63) is 42.2 Å². The van der Waals surface area contributed by atoms with Gasteiger partial charge in [-0.1, -0.05) is 23.9 Å². The number of amides is 1. The first-order valence-electron chi connectivity index (χ1n) is 6.83. The van der Waals surface area contributed by atoms with Crippen LogP contribution in [0.1, 0.15) is 5.56 Å². The minimum atomic E-state index is -2.84. The van der Waals surface area contributed by atoms with Crippen molar-refractivity contribution in [2.45, 2.75) is 18.3 Å². The van der Waals surface area contributed by atoms with Crippen molar-refractivity contribution in [2.75, 3.05) is 12.8 Å². The summed E-state index contributed by atoms with van der Waals surface area (Å²) in [6.45, 7) is -2.44. The van der Waals surface area contributed by atoms with E-state index in [0.717, 1.165) is 10.7 Å². The van der Waals surface area contributed by atoms with Crippen molar-refractivity contribution in [1.29, 1.82) is 0 Å². The van der Waals surface area contributed by atoms with E-state index in [1.54, 1.807) is 30.3 Å². The Morgan fingerprint density at radius 2 is 2.09 bits per heavy atom. The molecule has 0 spiro atoms. The largest absolute Gasteiger partial charge is 0.435 e. The zero-order valence-corrected chi connectivity index (χ0v) is 13.6. The quantitative estimate of drug-likeness (QED) is 0.727. The lowest BCUT2D eigenvalue weighted by atomic mass is 10.2. The average Bonchev–Trinajstić information content (AvgIpc) is 2.91. The third kappa shape index (κ3) is 5.24. The highest BCUT2D eigenvalue weighted by Gasteiger charge is 2.12. The number of aryl methyl sites for hydroxylation is 1. The molecule has 2 aromatic rings. The summed E-state index contributed by atoms with van der Waals surface area (Å²) in [4.78, 5) is 17.8. The van der Waals surface area contributed by atoms with Crippen molar-refractivity contribution in [1.82, 2.24) is 14.5 Å². The number of rotatable bonds is 7. The third-order valence-corrected chi connectivity index (χ3v) is 4.14. The summed E-state index contributed by atoms with van der Waals surface area (Å²) >= 11 is 1.37. The van der Waals surface area contributed by atoms with Gasteiger partial charge < -0.3 is 14.2 Å². The van der Waals surface area contributed by atoms with Crippen LogP contribution in [0, 0.1) is 0 Å². The molecule has 1 aromatic heterocycles. The lowest BCUT2D eigenvalue weighted by Gasteiger charge is -2.17. The molecule has 1 amide bonds. The summed E-state index contributed by atoms with van der Waals surface area (Å²) in [5.74, 6) is 0.350. The van der Waals surface area contributed by atoms with Gasteiger partial charge in [-0.3, -0.25) is 4.79 Å². The molecule has 0 saturated heterocycles. The molecule has 0 aliphatic carbocycles. The van der Waals surface area contributed by atoms with Crippen LogP contribution in [0.25, 0.3) is 0 Å². The van der Waals surface area contributed by atoms with E-state index in [1.165, 1.54) is 23.9 Å². The van der Waals surface area contributed by atoms with Crippen LogP contribution in [0.15, 0.2) is 41.8 Å². The second kappa shape index (κ2) is 7.96. The van der Waals surface area contributed by atoms with E-state index in [2.05, 4.69) is 9.72 Å². The maximum Gasteiger partial charge on any atom is 0.387 e. The first-order chi connectivity index (χ1) is 11.0. The third-order valence-electron chi connectivity index (χ3n) is 3.10. The number of benzene rings is 1. The molecule has 0 fully saturated rings. The molecule has 8 heteroatoms. The smallest absolute Gasteiger partial charge is 0.387 e. The number of carbonyl (C=O) groups is 1. The molecule has 5 nitrogen and oxygen atoms in total. The molecule has 124 valence electrons. The number of imidazole rings is 1. The van der Waals surface area contributed by atoms with Gasteiger partial charge in [0.25, 0.3) is 0 Å². The normalized spacial score (nSPS) is 10.8. The first-order valence-corrected chi connectivity index (χ1v) is 7.82. The molecule has 0 saturated carbocycles. The lowest BCUT2D eigenvalue weighted by molar-refractivity contribution is -0.127. The summed E-state index contributed by atoms with van der Waals surface area (Å²) < 4.78 is 30.3. The van der Waals surface area contributed by atoms with Crippen molar-refractivity contribution in [3.8, 4) is 5.75 Å². The van der Waals surface area contributed by atoms with Gasteiger partial charge in [0.15, 0.2) is 5.16 Å². The van der Waals surface area contributed by atoms with Gasteiger partial charge in [0, 0.05) is 33.0 Å². The van der Waals surface area contributed by atoms with Crippen LogP contribution in [0.3, 0.4) is 0 Å². The van der Waals surface area contributed by atoms with Crippen molar-refractivity contribution >= 4 is 17.7 Å². The van der Waals surface area contributed by atoms with Gasteiger partial charge >= 0.3 is 6.61 Å². The number of hydrogen-bond donors (Lipinski definition) is 0. The van der Waals surface area contributed by atoms with Gasteiger partial charge in [0.05, 0.1) is 5.75 Å². The van der Waals surface area contributed by atoms with E-state index < -0.39 is 6.61 Å². The highest BCUT2D eigenvalue weighted by atomic mass is 32.2. The lowest BCUT2D eigenvalue weighted by Crippen LogP contribution is -2.27. The number of nitrogens with zero attached hydrogens (tertiary/aromatic N) is 3. The van der Waals surface area contributed by atoms with E-state index in [0.29, 0.717) is 6.54 Å². The second-order valence-corrected chi connectivity index (χ2v) is 5.82. The van der Waals surface area contributed by atoms with Crippen LogP contribution >= 0.6 is 11.8 Å². The van der Waals surface area contributed by atoms with E-state index in [4.69, 9.17) is 0 Å². The van der Waals surface area contributed by atoms with Crippen LogP contribution in [0.2, 0.25) is 0 Å². The van der Waals surface area contributed by atoms with Gasteiger partial charge in [0.1, 0.15) is 5.75 Å². The van der Waals surface area contributed by atoms with Crippen LogP contribution in [0.4, 0.5) is 8.78 Å². The standard InChI is InChI=1S/C15H17F2N3O2S/c1-19-8-7-18-15(19)23-10-13(21)20(2)9-11-3-5-12(6-4-11)22-14(16)17/h3-8,14H,9-10H2,1-2H3. The summed E-state index contributed by atoms with van der Waals surface area (Å²) in [5.41, 5.74) is 0.837. The zero-order chi connectivity index (χ0) is 16.8. The minimum absolute atomic E-state index is 0.0362. The molecule has 0 aliphatic rings. The predicted molar refractivity (Wildman–Crippen MR) is 83.5 cm³/mol. The summed E-state index contributed by atoms with van der Waals surface area (Å²) in [7, 11) is 3.57. The van der Waals surface area contributed by atoms with E-state index in [1.807, 2.05) is 17.8 Å². The fourth-order valence-corrected chi connectivity index (χ4v) is 2.74. The number of thioether (sulfide) groups is 1. The minimum Gasteiger partial charge on any atom is -0.435 e. The highest BCUT2D eigenvalue weighted by Crippen LogP contribution is 2.17. The molecule has 1 aromatic carbocycles. The molecule has 0 radical (unpaired) electrons. The van der Waals surface area contributed by atoms with Crippen molar-refractivity contribution < 1.29 is 18.3 Å². The predicted octanol–water partition coefficient (Wildman–Crippen LogP) is 2.77. The van der Waals surface area contributed by atoms with Gasteiger partial charge in [0.2, 0.25) is 5.91 Å². The van der Waals surface area contributed by atoms with Crippen LogP contribution < -0.4 is 4.74 Å². The Hall–Kier alpha value is -2.09. The van der Waals surface area contributed by atoms with E-state index in [-0.39, 0.29) is 17.4 Å². The summed E-state index contributed by atoms with van der Waals surface area (Å²) in [6, 6.07) is 6.24. The molecule has 0 N–H and O–H groups in total. The molecule has 2 rings (SSSR count). The second-order valence-electron chi connectivity index (χ2n) is 4.88. The molecular formula is C15H17F2N3O2S. The van der Waals surface area contributed by atoms with Gasteiger partial charge in [-0.2, -0.15) is 8.78 Å². The molecule has 1 heterocycles. The highest BCUT2D eigenvalue weighted by molar-refractivity contribution is 7.99. The summed E-state index contributed by atoms with van der Waals surface area (Å²) in [5, 5.41) is 0.778. The number of halogens is 2. The molecule has 0 bridgehead atoms. The number of hydrogen-bond acceptors (Lipinski definition) is 4. The Balaban J connectivity index is 1.84. The maximum atomic E-state index is 12.1. The Bertz CT molecular complexity index is 646. The number of carbonyl (C=O) groups excluding carboxylic acids is 1. The van der Waals surface area contributed by atoms with Crippen LogP contribution in [-0.2, 0) is 18.4 Å². The SMILES string of the molecule is CN(Cc1ccc(OC(F)F)cc1)C(=O)CSc1nccn1C. The van der Waals surface area contributed by atoms with Crippen LogP contribution in [0.5, 0.6) is 5.75 Å². The first kappa shape index (κ1) is 17.3. The van der Waals surface area contributed by atoms with E-state index >= 15 is 0 Å². The van der Waals surface area contributed by atoms with E-state index in [9.17, 15) is 13.6 Å². The number of alkyl halides is 2. The van der Waals surface area contributed by atoms with Crippen LogP contribution in [-0.4, -0.2) is 39.8 Å². The fraction of sp³-hybridized carbons (Fsp3) is 0.333. The number of ether oxygens (including phenoxy) is 1. The maximum absolute atomic E-state index is 12.1. The van der Waals surface area contributed by atoms with Crippen molar-refractivity contribution in [3.63, 3.8) is 0 Å². The average molecular weight is 341 g/mol. The Morgan fingerprint density at radius 1 is 1.39 bits per heavy atom. The fourth-order valence-electron chi connectivity index (χ4n) is 1.87. The Labute approximate surface area is 137 Å². The Morgan fingerprint density at radius 3 is 2.65 bits per heavy atom. The molecule has 0 aliphatic heterocycles. The Kier molecular flexibility index (Phi) is 5.97. The molecular weight excluding hydrogens is 324 g/mol. The van der Waals surface area contributed by atoms with Gasteiger partial charge in [-0.05, 0) is 17.7 Å². The topological polar surface area (TPSA) is 47.4 Å². The van der Waals surface area contributed by atoms with Gasteiger partial charge in [-0.15, -0.1) is 0 Å². The molecule has 0 unspecified atom stereocenters. The van der Waals surface area contributed by atoms with Crippen molar-refractivity contribution in [2.24, 2.45) is 7.05 Å². The molecule has 23 heavy (non-hydrogen) atoms. The monoisotopic (exact) mass is 341 g/mol. The molecule has 0 atom stereocenters. The van der Waals surface area contributed by atoms with Gasteiger partial charge in [-0.25, -0.2) is 4.98 Å². The zero-order valence-electron chi connectivity index (χ0n) is 12.8. The summed E-state index contributed by atoms with van der Waals surface area (Å²) in [6.07, 6.45) is 3.50.